The highest BCUT2D eigenvalue weighted by Gasteiger charge is 2.07. The predicted octanol–water partition coefficient (Wildman–Crippen LogP) is 1.44. The van der Waals surface area contributed by atoms with E-state index in [4.69, 9.17) is 5.73 Å². The average Bonchev–Trinajstić information content (AvgIpc) is 2.90. The first kappa shape index (κ1) is 15.5. The number of hydrogen-bond donors (Lipinski definition) is 3. The zero-order valence-corrected chi connectivity index (χ0v) is 13.2. The standard InChI is InChI=1S/C17H21N5O/c1-12-10-22-11-15(16(23)21-17(22)20-12)14-5-3-13(4-6-14)9-19-8-2-7-18/h3-6,10-11,19H,2,7-9,18H2,1H3,(H,20,21,23). The highest BCUT2D eigenvalue weighted by molar-refractivity contribution is 5.62. The van der Waals surface area contributed by atoms with Crippen LogP contribution >= 0.6 is 0 Å². The average molecular weight is 311 g/mol. The third-order valence-electron chi connectivity index (χ3n) is 3.74. The summed E-state index contributed by atoms with van der Waals surface area (Å²) in [4.78, 5) is 19.4. The summed E-state index contributed by atoms with van der Waals surface area (Å²) in [6.07, 6.45) is 4.71. The molecule has 0 unspecified atom stereocenters. The van der Waals surface area contributed by atoms with Gasteiger partial charge in [0, 0.05) is 24.6 Å². The number of H-pyrrole nitrogens is 1. The van der Waals surface area contributed by atoms with Gasteiger partial charge in [-0.3, -0.25) is 9.20 Å². The fraction of sp³-hybridized carbons (Fsp3) is 0.294. The first-order valence-electron chi connectivity index (χ1n) is 7.76. The molecule has 0 saturated carbocycles. The van der Waals surface area contributed by atoms with E-state index in [0.717, 1.165) is 30.8 Å². The van der Waals surface area contributed by atoms with Crippen molar-refractivity contribution in [3.63, 3.8) is 0 Å². The zero-order valence-electron chi connectivity index (χ0n) is 13.2. The molecule has 0 atom stereocenters. The fourth-order valence-corrected chi connectivity index (χ4v) is 2.54. The number of nitrogens with zero attached hydrogens (tertiary/aromatic N) is 2. The van der Waals surface area contributed by atoms with Crippen LogP contribution in [0.5, 0.6) is 0 Å². The van der Waals surface area contributed by atoms with E-state index in [1.807, 2.05) is 48.0 Å². The number of fused-ring (bicyclic) bond motifs is 1. The third-order valence-corrected chi connectivity index (χ3v) is 3.74. The molecule has 0 saturated heterocycles. The molecule has 23 heavy (non-hydrogen) atoms. The van der Waals surface area contributed by atoms with Crippen LogP contribution in [0.2, 0.25) is 0 Å². The summed E-state index contributed by atoms with van der Waals surface area (Å²) in [6, 6.07) is 7.98. The van der Waals surface area contributed by atoms with Crippen LogP contribution in [0.15, 0.2) is 41.5 Å². The lowest BCUT2D eigenvalue weighted by Crippen LogP contribution is -2.17. The number of benzene rings is 1. The van der Waals surface area contributed by atoms with E-state index in [-0.39, 0.29) is 5.56 Å². The molecule has 120 valence electrons. The molecule has 0 bridgehead atoms. The largest absolute Gasteiger partial charge is 0.330 e. The third kappa shape index (κ3) is 3.49. The second kappa shape index (κ2) is 6.76. The topological polar surface area (TPSA) is 88.2 Å². The lowest BCUT2D eigenvalue weighted by atomic mass is 10.1. The van der Waals surface area contributed by atoms with E-state index in [0.29, 0.717) is 17.9 Å². The minimum Gasteiger partial charge on any atom is -0.330 e. The summed E-state index contributed by atoms with van der Waals surface area (Å²) in [7, 11) is 0. The molecular formula is C17H21N5O. The Morgan fingerprint density at radius 3 is 2.78 bits per heavy atom. The van der Waals surface area contributed by atoms with Gasteiger partial charge in [-0.1, -0.05) is 24.3 Å². The monoisotopic (exact) mass is 311 g/mol. The second-order valence-corrected chi connectivity index (χ2v) is 5.64. The number of rotatable bonds is 6. The van der Waals surface area contributed by atoms with E-state index >= 15 is 0 Å². The highest BCUT2D eigenvalue weighted by atomic mass is 16.1. The number of imidazole rings is 1. The van der Waals surface area contributed by atoms with Gasteiger partial charge in [0.05, 0.1) is 5.56 Å². The summed E-state index contributed by atoms with van der Waals surface area (Å²) in [5.41, 5.74) is 8.87. The number of hydrogen-bond acceptors (Lipinski definition) is 4. The summed E-state index contributed by atoms with van der Waals surface area (Å²) in [5, 5.41) is 3.34. The smallest absolute Gasteiger partial charge is 0.282 e. The van der Waals surface area contributed by atoms with Crippen LogP contribution in [-0.4, -0.2) is 27.5 Å². The van der Waals surface area contributed by atoms with Gasteiger partial charge in [0.2, 0.25) is 5.78 Å². The van der Waals surface area contributed by atoms with E-state index in [1.165, 1.54) is 5.56 Å². The maximum absolute atomic E-state index is 12.2. The molecule has 0 spiro atoms. The maximum Gasteiger partial charge on any atom is 0.282 e. The Morgan fingerprint density at radius 2 is 2.04 bits per heavy atom. The van der Waals surface area contributed by atoms with Gasteiger partial charge in [-0.25, -0.2) is 0 Å². The summed E-state index contributed by atoms with van der Waals surface area (Å²) >= 11 is 0. The van der Waals surface area contributed by atoms with Gasteiger partial charge in [0.25, 0.3) is 5.56 Å². The van der Waals surface area contributed by atoms with E-state index in [9.17, 15) is 4.79 Å². The van der Waals surface area contributed by atoms with Crippen LogP contribution in [0.4, 0.5) is 0 Å². The molecule has 6 nitrogen and oxygen atoms in total. The van der Waals surface area contributed by atoms with Gasteiger partial charge in [0.15, 0.2) is 0 Å². The Labute approximate surface area is 134 Å². The van der Waals surface area contributed by atoms with Crippen molar-refractivity contribution in [1.29, 1.82) is 0 Å². The molecule has 3 aromatic rings. The van der Waals surface area contributed by atoms with Gasteiger partial charge >= 0.3 is 0 Å². The van der Waals surface area contributed by atoms with Crippen molar-refractivity contribution in [3.05, 3.63) is 58.3 Å². The van der Waals surface area contributed by atoms with Crippen LogP contribution < -0.4 is 16.6 Å². The van der Waals surface area contributed by atoms with Crippen LogP contribution in [-0.2, 0) is 6.54 Å². The number of aromatic nitrogens is 3. The molecule has 0 fully saturated rings. The fourth-order valence-electron chi connectivity index (χ4n) is 2.54. The van der Waals surface area contributed by atoms with Crippen LogP contribution in [0, 0.1) is 6.92 Å². The molecule has 0 amide bonds. The predicted molar refractivity (Wildman–Crippen MR) is 91.4 cm³/mol. The molecule has 4 N–H and O–H groups in total. The highest BCUT2D eigenvalue weighted by Crippen LogP contribution is 2.16. The van der Waals surface area contributed by atoms with Crippen LogP contribution in [0.25, 0.3) is 16.9 Å². The van der Waals surface area contributed by atoms with Gasteiger partial charge < -0.3 is 16.0 Å². The van der Waals surface area contributed by atoms with E-state index < -0.39 is 0 Å². The van der Waals surface area contributed by atoms with Crippen molar-refractivity contribution in [2.75, 3.05) is 13.1 Å². The molecule has 1 aromatic carbocycles. The minimum absolute atomic E-state index is 0.222. The Kier molecular flexibility index (Phi) is 4.55. The molecule has 0 aliphatic carbocycles. The van der Waals surface area contributed by atoms with Crippen molar-refractivity contribution in [2.45, 2.75) is 19.9 Å². The molecule has 6 heteroatoms. The summed E-state index contributed by atoms with van der Waals surface area (Å²) in [6.45, 7) is 4.34. The van der Waals surface area contributed by atoms with Gasteiger partial charge in [-0.05, 0) is 37.6 Å². The first-order valence-corrected chi connectivity index (χ1v) is 7.76. The lowest BCUT2D eigenvalue weighted by Gasteiger charge is -2.06. The van der Waals surface area contributed by atoms with Crippen LogP contribution in [0.1, 0.15) is 17.7 Å². The maximum atomic E-state index is 12.2. The summed E-state index contributed by atoms with van der Waals surface area (Å²) in [5.74, 6) is 0.567. The van der Waals surface area contributed by atoms with Crippen molar-refractivity contribution in [1.82, 2.24) is 19.7 Å². The second-order valence-electron chi connectivity index (χ2n) is 5.64. The first-order chi connectivity index (χ1) is 11.2. The normalized spacial score (nSPS) is 11.2. The van der Waals surface area contributed by atoms with Gasteiger partial charge in [-0.2, -0.15) is 4.98 Å². The number of nitrogens with two attached hydrogens (primary N) is 1. The van der Waals surface area contributed by atoms with Crippen molar-refractivity contribution >= 4 is 5.78 Å². The number of aromatic amines is 1. The van der Waals surface area contributed by atoms with E-state index in [1.54, 1.807) is 0 Å². The molecule has 0 aliphatic rings. The minimum atomic E-state index is -0.222. The zero-order chi connectivity index (χ0) is 16.2. The molecule has 2 aromatic heterocycles. The number of nitrogens with one attached hydrogen (secondary N) is 2. The van der Waals surface area contributed by atoms with Crippen LogP contribution in [0.3, 0.4) is 0 Å². The quantitative estimate of drug-likeness (QED) is 0.601. The Bertz CT molecular complexity index is 848. The Morgan fingerprint density at radius 1 is 1.26 bits per heavy atom. The van der Waals surface area contributed by atoms with Crippen molar-refractivity contribution in [2.24, 2.45) is 5.73 Å². The SMILES string of the molecule is Cc1cn2cc(-c3ccc(CNCCCN)cc3)c(=O)nc2[nH]1. The number of aryl methyl sites for hydroxylation is 1. The summed E-state index contributed by atoms with van der Waals surface area (Å²) < 4.78 is 1.84. The Hall–Kier alpha value is -2.44. The van der Waals surface area contributed by atoms with Crippen molar-refractivity contribution in [3.8, 4) is 11.1 Å². The Balaban J connectivity index is 1.81. The molecule has 0 radical (unpaired) electrons. The van der Waals surface area contributed by atoms with Crippen molar-refractivity contribution < 1.29 is 0 Å². The molecule has 3 rings (SSSR count). The van der Waals surface area contributed by atoms with Gasteiger partial charge in [0.1, 0.15) is 0 Å². The molecular weight excluding hydrogens is 290 g/mol. The van der Waals surface area contributed by atoms with Gasteiger partial charge in [-0.15, -0.1) is 0 Å². The molecule has 0 aliphatic heterocycles. The lowest BCUT2D eigenvalue weighted by molar-refractivity contribution is 0.655. The van der Waals surface area contributed by atoms with E-state index in [2.05, 4.69) is 15.3 Å². The molecule has 2 heterocycles.